The normalized spacial score (nSPS) is 14.2. The number of carbonyl (C=O) groups is 1. The Balaban J connectivity index is 1.86. The molecule has 0 saturated carbocycles. The molecule has 0 spiro atoms. The van der Waals surface area contributed by atoms with Crippen LogP contribution in [0.3, 0.4) is 0 Å². The van der Waals surface area contributed by atoms with Gasteiger partial charge in [-0.1, -0.05) is 12.1 Å². The number of nitrogens with zero attached hydrogens (tertiary/aromatic N) is 3. The average molecular weight is 361 g/mol. The van der Waals surface area contributed by atoms with Crippen LogP contribution < -0.4 is 5.32 Å². The lowest BCUT2D eigenvalue weighted by molar-refractivity contribution is 0.0786. The molecule has 1 aromatic heterocycles. The summed E-state index contributed by atoms with van der Waals surface area (Å²) < 4.78 is 0.943. The van der Waals surface area contributed by atoms with Crippen LogP contribution in [0.2, 0.25) is 0 Å². The highest BCUT2D eigenvalue weighted by Crippen LogP contribution is 2.25. The van der Waals surface area contributed by atoms with E-state index in [2.05, 4.69) is 31.2 Å². The van der Waals surface area contributed by atoms with Gasteiger partial charge in [-0.15, -0.1) is 0 Å². The van der Waals surface area contributed by atoms with Gasteiger partial charge in [0, 0.05) is 23.6 Å². The smallest absolute Gasteiger partial charge is 0.272 e. The predicted octanol–water partition coefficient (Wildman–Crippen LogP) is 3.53. The maximum Gasteiger partial charge on any atom is 0.272 e. The van der Waals surface area contributed by atoms with Crippen molar-refractivity contribution in [1.82, 2.24) is 14.9 Å². The van der Waals surface area contributed by atoms with Crippen LogP contribution in [-0.2, 0) is 0 Å². The summed E-state index contributed by atoms with van der Waals surface area (Å²) in [5.74, 6) is 1.19. The molecule has 1 aliphatic rings. The highest BCUT2D eigenvalue weighted by Gasteiger charge is 2.21. The zero-order valence-electron chi connectivity index (χ0n) is 12.3. The monoisotopic (exact) mass is 360 g/mol. The summed E-state index contributed by atoms with van der Waals surface area (Å²) in [6.45, 7) is 3.43. The van der Waals surface area contributed by atoms with Gasteiger partial charge in [0.2, 0.25) is 0 Å². The average Bonchev–Trinajstić information content (AvgIpc) is 3.02. The predicted molar refractivity (Wildman–Crippen MR) is 89.3 cm³/mol. The third-order valence-electron chi connectivity index (χ3n) is 3.59. The number of rotatable bonds is 3. The zero-order chi connectivity index (χ0) is 15.5. The minimum atomic E-state index is -0.0156. The lowest BCUT2D eigenvalue weighted by Gasteiger charge is -2.15. The summed E-state index contributed by atoms with van der Waals surface area (Å²) >= 11 is 3.49. The van der Waals surface area contributed by atoms with E-state index in [-0.39, 0.29) is 5.91 Å². The van der Waals surface area contributed by atoms with E-state index >= 15 is 0 Å². The Hall–Kier alpha value is -1.95. The van der Waals surface area contributed by atoms with Crippen LogP contribution in [-0.4, -0.2) is 33.9 Å². The number of para-hydroxylation sites is 1. The quantitative estimate of drug-likeness (QED) is 0.909. The highest BCUT2D eigenvalue weighted by molar-refractivity contribution is 9.10. The Kier molecular flexibility index (Phi) is 4.38. The lowest BCUT2D eigenvalue weighted by atomic mass is 10.3. The SMILES string of the molecule is Cc1nc(Nc2ccccc2Br)cc(C(=O)N2CCCC2)n1. The van der Waals surface area contributed by atoms with Gasteiger partial charge < -0.3 is 10.2 Å². The van der Waals surface area contributed by atoms with Crippen molar-refractivity contribution in [2.24, 2.45) is 0 Å². The Morgan fingerprint density at radius 3 is 2.68 bits per heavy atom. The van der Waals surface area contributed by atoms with Crippen molar-refractivity contribution >= 4 is 33.3 Å². The van der Waals surface area contributed by atoms with Crippen molar-refractivity contribution in [3.8, 4) is 0 Å². The number of amides is 1. The molecule has 0 unspecified atom stereocenters. The molecule has 0 atom stereocenters. The minimum absolute atomic E-state index is 0.0156. The molecule has 1 aliphatic heterocycles. The van der Waals surface area contributed by atoms with E-state index in [4.69, 9.17) is 0 Å². The highest BCUT2D eigenvalue weighted by atomic mass is 79.9. The number of aromatic nitrogens is 2. The number of likely N-dealkylation sites (tertiary alicyclic amines) is 1. The Labute approximate surface area is 137 Å². The second-order valence-corrected chi connectivity index (χ2v) is 6.14. The van der Waals surface area contributed by atoms with Gasteiger partial charge >= 0.3 is 0 Å². The molecular formula is C16H17BrN4O. The van der Waals surface area contributed by atoms with Gasteiger partial charge in [-0.25, -0.2) is 9.97 Å². The number of aryl methyl sites for hydroxylation is 1. The van der Waals surface area contributed by atoms with Crippen LogP contribution in [0.15, 0.2) is 34.8 Å². The van der Waals surface area contributed by atoms with Gasteiger partial charge in [0.25, 0.3) is 5.91 Å². The standard InChI is InChI=1S/C16H17BrN4O/c1-11-18-14(16(22)21-8-4-5-9-21)10-15(19-11)20-13-7-3-2-6-12(13)17/h2-3,6-7,10H,4-5,8-9H2,1H3,(H,18,19,20). The first-order valence-electron chi connectivity index (χ1n) is 7.30. The third kappa shape index (κ3) is 3.27. The fourth-order valence-corrected chi connectivity index (χ4v) is 2.91. The molecule has 6 heteroatoms. The molecule has 5 nitrogen and oxygen atoms in total. The van der Waals surface area contributed by atoms with Crippen LogP contribution in [0.1, 0.15) is 29.2 Å². The number of carbonyl (C=O) groups excluding carboxylic acids is 1. The topological polar surface area (TPSA) is 58.1 Å². The van der Waals surface area contributed by atoms with Crippen LogP contribution in [0.25, 0.3) is 0 Å². The maximum atomic E-state index is 12.5. The van der Waals surface area contributed by atoms with E-state index in [0.717, 1.165) is 36.1 Å². The summed E-state index contributed by atoms with van der Waals surface area (Å²) in [6, 6.07) is 9.50. The molecule has 0 bridgehead atoms. The number of benzene rings is 1. The number of hydrogen-bond donors (Lipinski definition) is 1. The molecule has 3 rings (SSSR count). The van der Waals surface area contributed by atoms with Crippen molar-refractivity contribution in [1.29, 1.82) is 0 Å². The summed E-state index contributed by atoms with van der Waals surface area (Å²) in [7, 11) is 0. The number of anilines is 2. The van der Waals surface area contributed by atoms with Crippen LogP contribution >= 0.6 is 15.9 Å². The summed E-state index contributed by atoms with van der Waals surface area (Å²) in [6.07, 6.45) is 2.13. The summed E-state index contributed by atoms with van der Waals surface area (Å²) in [5, 5.41) is 3.23. The van der Waals surface area contributed by atoms with E-state index in [0.29, 0.717) is 17.3 Å². The van der Waals surface area contributed by atoms with E-state index in [9.17, 15) is 4.79 Å². The fraction of sp³-hybridized carbons (Fsp3) is 0.312. The lowest BCUT2D eigenvalue weighted by Crippen LogP contribution is -2.28. The van der Waals surface area contributed by atoms with E-state index in [1.54, 1.807) is 13.0 Å². The molecule has 2 aromatic rings. The maximum absolute atomic E-state index is 12.5. The molecule has 0 aliphatic carbocycles. The molecule has 1 N–H and O–H groups in total. The van der Waals surface area contributed by atoms with E-state index in [1.165, 1.54) is 0 Å². The van der Waals surface area contributed by atoms with Crippen molar-refractivity contribution in [2.45, 2.75) is 19.8 Å². The first-order chi connectivity index (χ1) is 10.6. The Bertz CT molecular complexity index is 698. The van der Waals surface area contributed by atoms with Gasteiger partial charge in [-0.2, -0.15) is 0 Å². The summed E-state index contributed by atoms with van der Waals surface area (Å²) in [5.41, 5.74) is 1.35. The first kappa shape index (κ1) is 15.0. The van der Waals surface area contributed by atoms with Gasteiger partial charge in [0.15, 0.2) is 0 Å². The van der Waals surface area contributed by atoms with Gasteiger partial charge in [0.1, 0.15) is 17.3 Å². The molecule has 114 valence electrons. The summed E-state index contributed by atoms with van der Waals surface area (Å²) in [4.78, 5) is 23.0. The molecule has 1 fully saturated rings. The Morgan fingerprint density at radius 1 is 1.23 bits per heavy atom. The minimum Gasteiger partial charge on any atom is -0.339 e. The second kappa shape index (κ2) is 6.44. The van der Waals surface area contributed by atoms with Gasteiger partial charge in [0.05, 0.1) is 5.69 Å². The fourth-order valence-electron chi connectivity index (χ4n) is 2.52. The molecule has 22 heavy (non-hydrogen) atoms. The molecule has 1 amide bonds. The van der Waals surface area contributed by atoms with Crippen molar-refractivity contribution in [2.75, 3.05) is 18.4 Å². The second-order valence-electron chi connectivity index (χ2n) is 5.29. The largest absolute Gasteiger partial charge is 0.339 e. The van der Waals surface area contributed by atoms with Crippen molar-refractivity contribution < 1.29 is 4.79 Å². The zero-order valence-corrected chi connectivity index (χ0v) is 13.9. The van der Waals surface area contributed by atoms with E-state index in [1.807, 2.05) is 29.2 Å². The van der Waals surface area contributed by atoms with Crippen LogP contribution in [0.5, 0.6) is 0 Å². The van der Waals surface area contributed by atoms with Gasteiger partial charge in [-0.3, -0.25) is 4.79 Å². The first-order valence-corrected chi connectivity index (χ1v) is 8.09. The molecule has 1 saturated heterocycles. The molecular weight excluding hydrogens is 344 g/mol. The number of nitrogens with one attached hydrogen (secondary N) is 1. The third-order valence-corrected chi connectivity index (χ3v) is 4.28. The van der Waals surface area contributed by atoms with Crippen molar-refractivity contribution in [3.63, 3.8) is 0 Å². The van der Waals surface area contributed by atoms with Crippen LogP contribution in [0.4, 0.5) is 11.5 Å². The van der Waals surface area contributed by atoms with Gasteiger partial charge in [-0.05, 0) is 47.8 Å². The molecule has 2 heterocycles. The van der Waals surface area contributed by atoms with E-state index < -0.39 is 0 Å². The molecule has 0 radical (unpaired) electrons. The Morgan fingerprint density at radius 2 is 1.95 bits per heavy atom. The number of hydrogen-bond acceptors (Lipinski definition) is 4. The molecule has 1 aromatic carbocycles. The van der Waals surface area contributed by atoms with Crippen LogP contribution in [0, 0.1) is 6.92 Å². The number of halogens is 1. The van der Waals surface area contributed by atoms with Crippen molar-refractivity contribution in [3.05, 3.63) is 46.3 Å².